The van der Waals surface area contributed by atoms with Gasteiger partial charge in [0.15, 0.2) is 0 Å². The van der Waals surface area contributed by atoms with E-state index in [0.29, 0.717) is 31.8 Å². The minimum Gasteiger partial charge on any atom is -0.466 e. The summed E-state index contributed by atoms with van der Waals surface area (Å²) in [5.41, 5.74) is 7.26. The van der Waals surface area contributed by atoms with Gasteiger partial charge in [-0.15, -0.1) is 12.4 Å². The van der Waals surface area contributed by atoms with Crippen molar-refractivity contribution in [2.75, 3.05) is 25.4 Å². The first-order valence-electron chi connectivity index (χ1n) is 7.39. The van der Waals surface area contributed by atoms with Gasteiger partial charge < -0.3 is 15.4 Å². The second-order valence-corrected chi connectivity index (χ2v) is 5.35. The first-order valence-corrected chi connectivity index (χ1v) is 7.39. The van der Waals surface area contributed by atoms with Crippen molar-refractivity contribution in [3.63, 3.8) is 0 Å². The molecule has 22 heavy (non-hydrogen) atoms. The number of benzene rings is 1. The number of ether oxygens (including phenoxy) is 1. The van der Waals surface area contributed by atoms with E-state index >= 15 is 0 Å². The highest BCUT2D eigenvalue weighted by Crippen LogP contribution is 2.19. The molecule has 1 aromatic carbocycles. The minimum absolute atomic E-state index is 0. The van der Waals surface area contributed by atoms with Crippen LogP contribution in [-0.2, 0) is 20.7 Å². The molecule has 1 aliphatic rings. The molecule has 0 bridgehead atoms. The molecule has 1 heterocycles. The largest absolute Gasteiger partial charge is 0.466 e. The lowest BCUT2D eigenvalue weighted by Gasteiger charge is -2.31. The van der Waals surface area contributed by atoms with Crippen molar-refractivity contribution in [2.45, 2.75) is 26.2 Å². The zero-order valence-electron chi connectivity index (χ0n) is 12.8. The molecule has 5 nitrogen and oxygen atoms in total. The average molecular weight is 327 g/mol. The van der Waals surface area contributed by atoms with E-state index in [1.54, 1.807) is 24.0 Å². The Morgan fingerprint density at radius 3 is 2.64 bits per heavy atom. The third-order valence-electron chi connectivity index (χ3n) is 3.73. The fourth-order valence-electron chi connectivity index (χ4n) is 2.58. The number of piperidine rings is 1. The van der Waals surface area contributed by atoms with Crippen LogP contribution in [0.15, 0.2) is 24.3 Å². The Bertz CT molecular complexity index is 505. The highest BCUT2D eigenvalue weighted by Gasteiger charge is 2.29. The first-order chi connectivity index (χ1) is 10.1. The number of rotatable bonds is 4. The zero-order chi connectivity index (χ0) is 15.2. The summed E-state index contributed by atoms with van der Waals surface area (Å²) in [5.74, 6) is -0.328. The quantitative estimate of drug-likeness (QED) is 0.679. The van der Waals surface area contributed by atoms with E-state index in [0.717, 1.165) is 18.4 Å². The molecule has 122 valence electrons. The summed E-state index contributed by atoms with van der Waals surface area (Å²) in [6.07, 6.45) is 1.98. The fraction of sp³-hybridized carbons (Fsp3) is 0.500. The van der Waals surface area contributed by atoms with Gasteiger partial charge in [-0.25, -0.2) is 0 Å². The van der Waals surface area contributed by atoms with Crippen molar-refractivity contribution in [3.05, 3.63) is 29.8 Å². The van der Waals surface area contributed by atoms with Crippen molar-refractivity contribution in [1.29, 1.82) is 0 Å². The lowest BCUT2D eigenvalue weighted by Crippen LogP contribution is -2.43. The highest BCUT2D eigenvalue weighted by molar-refractivity contribution is 5.85. The molecular formula is C16H23ClN2O3. The Morgan fingerprint density at radius 1 is 1.32 bits per heavy atom. The van der Waals surface area contributed by atoms with E-state index in [2.05, 4.69) is 0 Å². The Labute approximate surface area is 137 Å². The molecule has 1 amide bonds. The monoisotopic (exact) mass is 326 g/mol. The smallest absolute Gasteiger partial charge is 0.310 e. The molecule has 0 aromatic heterocycles. The van der Waals surface area contributed by atoms with Gasteiger partial charge in [0.25, 0.3) is 0 Å². The lowest BCUT2D eigenvalue weighted by molar-refractivity contribution is -0.151. The summed E-state index contributed by atoms with van der Waals surface area (Å²) in [5, 5.41) is 0. The molecule has 0 spiro atoms. The van der Waals surface area contributed by atoms with Crippen molar-refractivity contribution >= 4 is 30.0 Å². The number of carbonyl (C=O) groups excluding carboxylic acids is 2. The Morgan fingerprint density at radius 2 is 2.00 bits per heavy atom. The van der Waals surface area contributed by atoms with Gasteiger partial charge in [-0.2, -0.15) is 0 Å². The number of nitrogens with two attached hydrogens (primary N) is 1. The average Bonchev–Trinajstić information content (AvgIpc) is 2.50. The van der Waals surface area contributed by atoms with Gasteiger partial charge in [0.1, 0.15) is 0 Å². The van der Waals surface area contributed by atoms with Gasteiger partial charge in [-0.05, 0) is 37.5 Å². The number of nitrogen functional groups attached to an aromatic ring is 1. The maximum absolute atomic E-state index is 12.3. The number of anilines is 1. The van der Waals surface area contributed by atoms with Crippen LogP contribution in [0.1, 0.15) is 25.3 Å². The number of hydrogen-bond acceptors (Lipinski definition) is 4. The maximum Gasteiger partial charge on any atom is 0.310 e. The molecule has 2 N–H and O–H groups in total. The molecule has 1 aromatic rings. The number of likely N-dealkylation sites (tertiary alicyclic amines) is 1. The SMILES string of the molecule is CCOC(=O)C1CCCN(C(=O)Cc2ccc(N)cc2)C1.Cl. The van der Waals surface area contributed by atoms with Crippen LogP contribution in [0.3, 0.4) is 0 Å². The summed E-state index contributed by atoms with van der Waals surface area (Å²) in [7, 11) is 0. The van der Waals surface area contributed by atoms with Crippen LogP contribution in [-0.4, -0.2) is 36.5 Å². The summed E-state index contributed by atoms with van der Waals surface area (Å²) in [6, 6.07) is 7.31. The van der Waals surface area contributed by atoms with Crippen LogP contribution in [0.2, 0.25) is 0 Å². The lowest BCUT2D eigenvalue weighted by atomic mass is 9.97. The molecule has 6 heteroatoms. The first kappa shape index (κ1) is 18.3. The third kappa shape index (κ3) is 4.91. The fourth-order valence-corrected chi connectivity index (χ4v) is 2.58. The number of nitrogens with zero attached hydrogens (tertiary/aromatic N) is 1. The van der Waals surface area contributed by atoms with Crippen molar-refractivity contribution in [1.82, 2.24) is 4.90 Å². The normalized spacial score (nSPS) is 17.5. The molecule has 1 atom stereocenters. The Balaban J connectivity index is 0.00000242. The van der Waals surface area contributed by atoms with Gasteiger partial charge >= 0.3 is 5.97 Å². The van der Waals surface area contributed by atoms with Crippen LogP contribution < -0.4 is 5.73 Å². The molecule has 2 rings (SSSR count). The molecule has 1 unspecified atom stereocenters. The molecule has 1 saturated heterocycles. The molecular weight excluding hydrogens is 304 g/mol. The predicted molar refractivity (Wildman–Crippen MR) is 87.7 cm³/mol. The van der Waals surface area contributed by atoms with E-state index in [1.165, 1.54) is 0 Å². The summed E-state index contributed by atoms with van der Waals surface area (Å²) in [6.45, 7) is 3.36. The van der Waals surface area contributed by atoms with Crippen LogP contribution in [0.25, 0.3) is 0 Å². The van der Waals surface area contributed by atoms with Gasteiger partial charge in [0.05, 0.1) is 18.9 Å². The van der Waals surface area contributed by atoms with Crippen LogP contribution in [0, 0.1) is 5.92 Å². The van der Waals surface area contributed by atoms with Crippen molar-refractivity contribution in [3.8, 4) is 0 Å². The van der Waals surface area contributed by atoms with E-state index < -0.39 is 0 Å². The van der Waals surface area contributed by atoms with Crippen LogP contribution in [0.5, 0.6) is 0 Å². The molecule has 0 aliphatic carbocycles. The third-order valence-corrected chi connectivity index (χ3v) is 3.73. The van der Waals surface area contributed by atoms with E-state index in [1.807, 2.05) is 12.1 Å². The molecule has 0 radical (unpaired) electrons. The second-order valence-electron chi connectivity index (χ2n) is 5.35. The van der Waals surface area contributed by atoms with Gasteiger partial charge in [-0.1, -0.05) is 12.1 Å². The standard InChI is InChI=1S/C16H22N2O3.ClH/c1-2-21-16(20)13-4-3-9-18(11-13)15(19)10-12-5-7-14(17)8-6-12;/h5-8,13H,2-4,9-11,17H2,1H3;1H. The topological polar surface area (TPSA) is 72.6 Å². The summed E-state index contributed by atoms with van der Waals surface area (Å²) in [4.78, 5) is 25.9. The molecule has 0 saturated carbocycles. The van der Waals surface area contributed by atoms with Gasteiger partial charge in [0.2, 0.25) is 5.91 Å². The summed E-state index contributed by atoms with van der Waals surface area (Å²) < 4.78 is 5.05. The van der Waals surface area contributed by atoms with Crippen molar-refractivity contribution < 1.29 is 14.3 Å². The highest BCUT2D eigenvalue weighted by atomic mass is 35.5. The number of halogens is 1. The zero-order valence-corrected chi connectivity index (χ0v) is 13.6. The minimum atomic E-state index is -0.192. The number of hydrogen-bond donors (Lipinski definition) is 1. The van der Waals surface area contributed by atoms with Gasteiger partial charge in [-0.3, -0.25) is 9.59 Å². The van der Waals surface area contributed by atoms with Crippen LogP contribution in [0.4, 0.5) is 5.69 Å². The molecule has 1 fully saturated rings. The molecule has 1 aliphatic heterocycles. The second kappa shape index (κ2) is 8.63. The summed E-state index contributed by atoms with van der Waals surface area (Å²) >= 11 is 0. The van der Waals surface area contributed by atoms with Gasteiger partial charge in [0, 0.05) is 18.8 Å². The van der Waals surface area contributed by atoms with Crippen molar-refractivity contribution in [2.24, 2.45) is 5.92 Å². The van der Waals surface area contributed by atoms with E-state index in [4.69, 9.17) is 10.5 Å². The predicted octanol–water partition coefficient (Wildman–Crippen LogP) is 2.03. The van der Waals surface area contributed by atoms with Crippen LogP contribution >= 0.6 is 12.4 Å². The van der Waals surface area contributed by atoms with E-state index in [-0.39, 0.29) is 30.2 Å². The number of amides is 1. The maximum atomic E-state index is 12.3. The number of esters is 1. The Hall–Kier alpha value is -1.75. The number of carbonyl (C=O) groups is 2. The Kier molecular flexibility index (Phi) is 7.18. The van der Waals surface area contributed by atoms with E-state index in [9.17, 15) is 9.59 Å².